The summed E-state index contributed by atoms with van der Waals surface area (Å²) in [6, 6.07) is 3.94. The second-order valence-corrected chi connectivity index (χ2v) is 3.55. The summed E-state index contributed by atoms with van der Waals surface area (Å²) in [6.07, 6.45) is 6.04. The standard InChI is InChI=1S/C11H11N3.ClH/c1-3-8-10(12-5-1)7-14-9-4-2-6-13-11(8)9;/h2,4,6-7,12H,1,3,5H2;1H. The molecule has 2 aromatic heterocycles. The van der Waals surface area contributed by atoms with Crippen LogP contribution in [-0.2, 0) is 6.42 Å². The minimum absolute atomic E-state index is 0. The summed E-state index contributed by atoms with van der Waals surface area (Å²) in [6.45, 7) is 1.05. The molecule has 4 heteroatoms. The van der Waals surface area contributed by atoms with E-state index >= 15 is 0 Å². The number of anilines is 1. The molecule has 1 N–H and O–H groups in total. The summed E-state index contributed by atoms with van der Waals surface area (Å²) >= 11 is 0. The molecule has 3 heterocycles. The van der Waals surface area contributed by atoms with Gasteiger partial charge >= 0.3 is 0 Å². The van der Waals surface area contributed by atoms with Crippen LogP contribution >= 0.6 is 12.4 Å². The second-order valence-electron chi connectivity index (χ2n) is 3.55. The molecule has 2 aromatic rings. The summed E-state index contributed by atoms with van der Waals surface area (Å²) in [7, 11) is 0. The number of nitrogens with zero attached hydrogens (tertiary/aromatic N) is 2. The number of halogens is 1. The molecule has 0 amide bonds. The first kappa shape index (κ1) is 10.2. The Morgan fingerprint density at radius 3 is 3.13 bits per heavy atom. The van der Waals surface area contributed by atoms with Gasteiger partial charge in [0.15, 0.2) is 0 Å². The number of hydrogen-bond donors (Lipinski definition) is 1. The Hall–Kier alpha value is -1.35. The zero-order chi connectivity index (χ0) is 9.38. The van der Waals surface area contributed by atoms with E-state index in [0.717, 1.165) is 29.7 Å². The smallest absolute Gasteiger partial charge is 0.0939 e. The summed E-state index contributed by atoms with van der Waals surface area (Å²) < 4.78 is 0. The number of nitrogens with one attached hydrogen (secondary N) is 1. The van der Waals surface area contributed by atoms with E-state index in [-0.39, 0.29) is 12.4 Å². The Bertz CT molecular complexity index is 484. The van der Waals surface area contributed by atoms with E-state index in [9.17, 15) is 0 Å². The molecule has 0 bridgehead atoms. The number of aromatic nitrogens is 2. The van der Waals surface area contributed by atoms with Crippen molar-refractivity contribution in [3.8, 4) is 0 Å². The summed E-state index contributed by atoms with van der Waals surface area (Å²) in [5.74, 6) is 0. The largest absolute Gasteiger partial charge is 0.384 e. The summed E-state index contributed by atoms with van der Waals surface area (Å²) in [5.41, 5.74) is 4.52. The highest BCUT2D eigenvalue weighted by molar-refractivity contribution is 5.85. The van der Waals surface area contributed by atoms with Crippen LogP contribution in [0.25, 0.3) is 11.0 Å². The lowest BCUT2D eigenvalue weighted by atomic mass is 10.0. The molecule has 0 aliphatic carbocycles. The maximum atomic E-state index is 4.39. The molecule has 78 valence electrons. The number of fused-ring (bicyclic) bond motifs is 3. The zero-order valence-electron chi connectivity index (χ0n) is 8.23. The average Bonchev–Trinajstić information content (AvgIpc) is 2.29. The van der Waals surface area contributed by atoms with E-state index in [0.29, 0.717) is 0 Å². The highest BCUT2D eigenvalue weighted by Crippen LogP contribution is 2.26. The SMILES string of the molecule is Cl.c1cnc2c3c(cnc2c1)NCCC3. The third-order valence-corrected chi connectivity index (χ3v) is 2.65. The molecule has 0 spiro atoms. The van der Waals surface area contributed by atoms with E-state index in [1.165, 1.54) is 12.0 Å². The molecule has 3 rings (SSSR count). The van der Waals surface area contributed by atoms with Crippen LogP contribution in [-0.4, -0.2) is 16.5 Å². The van der Waals surface area contributed by atoms with Gasteiger partial charge in [-0.3, -0.25) is 9.97 Å². The van der Waals surface area contributed by atoms with Gasteiger partial charge in [0, 0.05) is 18.3 Å². The minimum Gasteiger partial charge on any atom is -0.384 e. The molecule has 0 radical (unpaired) electrons. The van der Waals surface area contributed by atoms with Crippen LogP contribution in [0.1, 0.15) is 12.0 Å². The van der Waals surface area contributed by atoms with Crippen molar-refractivity contribution in [1.82, 2.24) is 9.97 Å². The summed E-state index contributed by atoms with van der Waals surface area (Å²) in [5, 5.41) is 3.35. The Morgan fingerprint density at radius 2 is 2.20 bits per heavy atom. The monoisotopic (exact) mass is 221 g/mol. The van der Waals surface area contributed by atoms with Gasteiger partial charge in [-0.1, -0.05) is 0 Å². The van der Waals surface area contributed by atoms with E-state index in [1.54, 1.807) is 0 Å². The predicted octanol–water partition coefficient (Wildman–Crippen LogP) is 2.41. The molecule has 0 fully saturated rings. The molecular formula is C11H12ClN3. The predicted molar refractivity (Wildman–Crippen MR) is 63.6 cm³/mol. The fourth-order valence-corrected chi connectivity index (χ4v) is 1.97. The zero-order valence-corrected chi connectivity index (χ0v) is 9.05. The third-order valence-electron chi connectivity index (χ3n) is 2.65. The lowest BCUT2D eigenvalue weighted by Crippen LogP contribution is -2.12. The van der Waals surface area contributed by atoms with E-state index in [1.807, 2.05) is 24.5 Å². The van der Waals surface area contributed by atoms with Crippen LogP contribution in [0, 0.1) is 0 Å². The highest BCUT2D eigenvalue weighted by Gasteiger charge is 2.12. The molecular weight excluding hydrogens is 210 g/mol. The van der Waals surface area contributed by atoms with Crippen LogP contribution in [0.2, 0.25) is 0 Å². The van der Waals surface area contributed by atoms with Gasteiger partial charge in [0.05, 0.1) is 22.9 Å². The van der Waals surface area contributed by atoms with Gasteiger partial charge < -0.3 is 5.32 Å². The van der Waals surface area contributed by atoms with Gasteiger partial charge in [-0.05, 0) is 25.0 Å². The topological polar surface area (TPSA) is 37.8 Å². The van der Waals surface area contributed by atoms with Crippen molar-refractivity contribution < 1.29 is 0 Å². The lowest BCUT2D eigenvalue weighted by molar-refractivity contribution is 0.832. The second kappa shape index (κ2) is 4.03. The van der Waals surface area contributed by atoms with E-state index in [4.69, 9.17) is 0 Å². The van der Waals surface area contributed by atoms with Crippen molar-refractivity contribution in [2.24, 2.45) is 0 Å². The van der Waals surface area contributed by atoms with Crippen LogP contribution in [0.5, 0.6) is 0 Å². The van der Waals surface area contributed by atoms with Crippen LogP contribution < -0.4 is 5.32 Å². The Kier molecular flexibility index (Phi) is 2.73. The highest BCUT2D eigenvalue weighted by atomic mass is 35.5. The first-order valence-corrected chi connectivity index (χ1v) is 4.91. The van der Waals surface area contributed by atoms with Crippen molar-refractivity contribution in [3.63, 3.8) is 0 Å². The van der Waals surface area contributed by atoms with Crippen molar-refractivity contribution in [1.29, 1.82) is 0 Å². The third kappa shape index (κ3) is 1.63. The Balaban J connectivity index is 0.000000853. The Labute approximate surface area is 94.3 Å². The van der Waals surface area contributed by atoms with Crippen molar-refractivity contribution in [2.75, 3.05) is 11.9 Å². The number of pyridine rings is 2. The number of rotatable bonds is 0. The fraction of sp³-hybridized carbons (Fsp3) is 0.273. The normalized spacial score (nSPS) is 13.9. The van der Waals surface area contributed by atoms with Gasteiger partial charge in [-0.2, -0.15) is 0 Å². The Morgan fingerprint density at radius 1 is 1.27 bits per heavy atom. The fourth-order valence-electron chi connectivity index (χ4n) is 1.97. The van der Waals surface area contributed by atoms with Crippen molar-refractivity contribution in [3.05, 3.63) is 30.1 Å². The first-order chi connectivity index (χ1) is 6.95. The molecule has 0 saturated heterocycles. The van der Waals surface area contributed by atoms with Gasteiger partial charge in [-0.15, -0.1) is 12.4 Å². The van der Waals surface area contributed by atoms with Crippen LogP contribution in [0.15, 0.2) is 24.5 Å². The maximum absolute atomic E-state index is 4.39. The quantitative estimate of drug-likeness (QED) is 0.743. The molecule has 15 heavy (non-hydrogen) atoms. The number of aryl methyl sites for hydroxylation is 1. The van der Waals surface area contributed by atoms with E-state index in [2.05, 4.69) is 15.3 Å². The van der Waals surface area contributed by atoms with Gasteiger partial charge in [-0.25, -0.2) is 0 Å². The molecule has 1 aliphatic heterocycles. The molecule has 0 atom stereocenters. The summed E-state index contributed by atoms with van der Waals surface area (Å²) in [4.78, 5) is 8.76. The molecule has 0 saturated carbocycles. The lowest BCUT2D eigenvalue weighted by Gasteiger charge is -2.18. The minimum atomic E-state index is 0. The van der Waals surface area contributed by atoms with Crippen LogP contribution in [0.4, 0.5) is 5.69 Å². The molecule has 0 aromatic carbocycles. The molecule has 3 nitrogen and oxygen atoms in total. The van der Waals surface area contributed by atoms with Crippen molar-refractivity contribution in [2.45, 2.75) is 12.8 Å². The van der Waals surface area contributed by atoms with Gasteiger partial charge in [0.2, 0.25) is 0 Å². The maximum Gasteiger partial charge on any atom is 0.0939 e. The van der Waals surface area contributed by atoms with E-state index < -0.39 is 0 Å². The van der Waals surface area contributed by atoms with Gasteiger partial charge in [0.1, 0.15) is 0 Å². The average molecular weight is 222 g/mol. The first-order valence-electron chi connectivity index (χ1n) is 4.91. The molecule has 1 aliphatic rings. The number of hydrogen-bond acceptors (Lipinski definition) is 3. The van der Waals surface area contributed by atoms with Crippen LogP contribution in [0.3, 0.4) is 0 Å². The molecule has 0 unspecified atom stereocenters. The van der Waals surface area contributed by atoms with Crippen molar-refractivity contribution >= 4 is 29.1 Å². The van der Waals surface area contributed by atoms with Gasteiger partial charge in [0.25, 0.3) is 0 Å².